The molecule has 0 spiro atoms. The second kappa shape index (κ2) is 12.6. The quantitative estimate of drug-likeness (QED) is 0.458. The van der Waals surface area contributed by atoms with E-state index in [-0.39, 0.29) is 11.8 Å². The molecule has 2 heterocycles. The van der Waals surface area contributed by atoms with Gasteiger partial charge in [0.15, 0.2) is 0 Å². The summed E-state index contributed by atoms with van der Waals surface area (Å²) in [5, 5.41) is 5.75. The molecule has 0 aromatic heterocycles. The Hall–Kier alpha value is -2.87. The van der Waals surface area contributed by atoms with Crippen molar-refractivity contribution >= 4 is 33.8 Å². The van der Waals surface area contributed by atoms with E-state index >= 15 is 0 Å². The largest absolute Gasteiger partial charge is 0.444 e. The number of ether oxygens (including phenoxy) is 1. The topological polar surface area (TPSA) is 111 Å². The predicted molar refractivity (Wildman–Crippen MR) is 137 cm³/mol. The molecule has 0 fully saturated rings. The van der Waals surface area contributed by atoms with Gasteiger partial charge in [0.25, 0.3) is 11.8 Å². The highest BCUT2D eigenvalue weighted by atomic mass is 79.9. The van der Waals surface area contributed by atoms with E-state index in [1.807, 2.05) is 30.3 Å². The van der Waals surface area contributed by atoms with E-state index < -0.39 is 11.7 Å². The first-order valence-electron chi connectivity index (χ1n) is 11.4. The molecule has 7 nitrogen and oxygen atoms in total. The fourth-order valence-electron chi connectivity index (χ4n) is 3.60. The number of carbonyl (C=O) groups is 3. The highest BCUT2D eigenvalue weighted by molar-refractivity contribution is 9.10. The van der Waals surface area contributed by atoms with Crippen molar-refractivity contribution in [2.45, 2.75) is 59.0 Å². The van der Waals surface area contributed by atoms with Gasteiger partial charge < -0.3 is 21.1 Å². The maximum Gasteiger partial charge on any atom is 0.405 e. The molecule has 3 amide bonds. The lowest BCUT2D eigenvalue weighted by atomic mass is 10.0. The predicted octanol–water partition coefficient (Wildman–Crippen LogP) is 4.68. The Morgan fingerprint density at radius 3 is 1.88 bits per heavy atom. The molecule has 2 aromatic rings. The van der Waals surface area contributed by atoms with Crippen LogP contribution in [-0.4, -0.2) is 36.6 Å². The standard InChI is InChI=1S/C11H13NO.C10H10BrNO.C5H11NO2/c1-8-4-5-10-9(7-8)3-2-6-12-11(10)13;11-8-3-4-9-7(6-8)2-1-5-12-10(9)13;1-5(2,3)8-4(6)7/h4-5,7H,2-3,6H2,1H3,(H,12,13);3-4,6H,1-2,5H2,(H,12,13);1-3H3,(H2,6,7). The van der Waals surface area contributed by atoms with Crippen LogP contribution in [0.5, 0.6) is 0 Å². The molecule has 8 heteroatoms. The summed E-state index contributed by atoms with van der Waals surface area (Å²) in [6.45, 7) is 8.92. The third-order valence-corrected chi connectivity index (χ3v) is 5.53. The molecule has 0 saturated carbocycles. The van der Waals surface area contributed by atoms with Gasteiger partial charge in [0.05, 0.1) is 0 Å². The summed E-state index contributed by atoms with van der Waals surface area (Å²) in [6.07, 6.45) is 3.33. The molecule has 34 heavy (non-hydrogen) atoms. The van der Waals surface area contributed by atoms with Crippen LogP contribution >= 0.6 is 15.9 Å². The van der Waals surface area contributed by atoms with E-state index in [0.29, 0.717) is 0 Å². The fourth-order valence-corrected chi connectivity index (χ4v) is 4.00. The smallest absolute Gasteiger partial charge is 0.405 e. The van der Waals surface area contributed by atoms with Crippen LogP contribution in [-0.2, 0) is 17.6 Å². The van der Waals surface area contributed by atoms with Gasteiger partial charge in [-0.2, -0.15) is 0 Å². The Morgan fingerprint density at radius 2 is 1.41 bits per heavy atom. The zero-order valence-electron chi connectivity index (χ0n) is 20.3. The zero-order chi connectivity index (χ0) is 25.3. The van der Waals surface area contributed by atoms with Crippen LogP contribution in [0, 0.1) is 6.92 Å². The molecule has 2 aliphatic heterocycles. The lowest BCUT2D eigenvalue weighted by molar-refractivity contribution is 0.0599. The number of nitrogens with two attached hydrogens (primary N) is 1. The van der Waals surface area contributed by atoms with Gasteiger partial charge in [0.2, 0.25) is 0 Å². The first-order chi connectivity index (χ1) is 16.0. The van der Waals surface area contributed by atoms with E-state index in [1.165, 1.54) is 11.1 Å². The molecule has 0 saturated heterocycles. The van der Waals surface area contributed by atoms with Crippen molar-refractivity contribution in [3.05, 3.63) is 68.7 Å². The summed E-state index contributed by atoms with van der Waals surface area (Å²) >= 11 is 3.40. The maximum absolute atomic E-state index is 11.5. The summed E-state index contributed by atoms with van der Waals surface area (Å²) < 4.78 is 5.62. The van der Waals surface area contributed by atoms with Crippen LogP contribution in [0.1, 0.15) is 71.0 Å². The Balaban J connectivity index is 0.000000187. The van der Waals surface area contributed by atoms with Gasteiger partial charge in [-0.1, -0.05) is 33.6 Å². The Morgan fingerprint density at radius 1 is 0.912 bits per heavy atom. The van der Waals surface area contributed by atoms with Gasteiger partial charge in [0.1, 0.15) is 5.60 Å². The molecule has 2 aromatic carbocycles. The number of aryl methyl sites for hydroxylation is 3. The second-order valence-corrected chi connectivity index (χ2v) is 10.1. The molecular weight excluding hydrogens is 498 g/mol. The minimum absolute atomic E-state index is 0.0556. The summed E-state index contributed by atoms with van der Waals surface area (Å²) in [6, 6.07) is 11.8. The zero-order valence-corrected chi connectivity index (χ0v) is 21.9. The first kappa shape index (κ1) is 27.4. The average molecular weight is 532 g/mol. The van der Waals surface area contributed by atoms with E-state index in [2.05, 4.69) is 44.3 Å². The molecule has 2 aliphatic rings. The summed E-state index contributed by atoms with van der Waals surface area (Å²) in [5.41, 5.74) is 9.50. The molecule has 0 unspecified atom stereocenters. The van der Waals surface area contributed by atoms with Gasteiger partial charge in [0, 0.05) is 28.7 Å². The maximum atomic E-state index is 11.5. The van der Waals surface area contributed by atoms with Crippen LogP contribution in [0.3, 0.4) is 0 Å². The number of hydrogen-bond acceptors (Lipinski definition) is 4. The second-order valence-electron chi connectivity index (χ2n) is 9.21. The van der Waals surface area contributed by atoms with Crippen molar-refractivity contribution in [3.8, 4) is 0 Å². The van der Waals surface area contributed by atoms with Crippen molar-refractivity contribution < 1.29 is 19.1 Å². The van der Waals surface area contributed by atoms with Crippen molar-refractivity contribution in [2.75, 3.05) is 13.1 Å². The number of fused-ring (bicyclic) bond motifs is 2. The molecule has 184 valence electrons. The van der Waals surface area contributed by atoms with Gasteiger partial charge in [-0.15, -0.1) is 0 Å². The highest BCUT2D eigenvalue weighted by Crippen LogP contribution is 2.19. The Labute approximate surface area is 210 Å². The summed E-state index contributed by atoms with van der Waals surface area (Å²) in [4.78, 5) is 33.0. The number of carbonyl (C=O) groups excluding carboxylic acids is 3. The number of amides is 3. The van der Waals surface area contributed by atoms with Crippen molar-refractivity contribution in [1.82, 2.24) is 10.6 Å². The monoisotopic (exact) mass is 531 g/mol. The van der Waals surface area contributed by atoms with E-state index in [9.17, 15) is 14.4 Å². The molecule has 0 bridgehead atoms. The molecule has 0 radical (unpaired) electrons. The minimum Gasteiger partial charge on any atom is -0.444 e. The number of rotatable bonds is 0. The number of benzene rings is 2. The lowest BCUT2D eigenvalue weighted by Gasteiger charge is -2.16. The summed E-state index contributed by atoms with van der Waals surface area (Å²) in [5.74, 6) is 0.132. The SMILES string of the molecule is CC(C)(C)OC(N)=O.Cc1ccc2c(c1)CCCNC2=O.O=C1NCCCc2cc(Br)ccc21. The molecular formula is C26H34BrN3O4. The number of hydrogen-bond donors (Lipinski definition) is 3. The molecule has 4 rings (SSSR count). The van der Waals surface area contributed by atoms with Crippen LogP contribution in [0.4, 0.5) is 4.79 Å². The Bertz CT molecular complexity index is 962. The van der Waals surface area contributed by atoms with Crippen LogP contribution in [0.15, 0.2) is 40.9 Å². The van der Waals surface area contributed by atoms with Gasteiger partial charge >= 0.3 is 6.09 Å². The van der Waals surface area contributed by atoms with Gasteiger partial charge in [-0.25, -0.2) is 4.79 Å². The Kier molecular flexibility index (Phi) is 10.1. The molecule has 0 atom stereocenters. The third kappa shape index (κ3) is 9.17. The van der Waals surface area contributed by atoms with Crippen molar-refractivity contribution in [1.29, 1.82) is 0 Å². The third-order valence-electron chi connectivity index (χ3n) is 5.04. The lowest BCUT2D eigenvalue weighted by Crippen LogP contribution is -2.27. The highest BCUT2D eigenvalue weighted by Gasteiger charge is 2.15. The van der Waals surface area contributed by atoms with Crippen LogP contribution < -0.4 is 16.4 Å². The van der Waals surface area contributed by atoms with Crippen LogP contribution in [0.25, 0.3) is 0 Å². The van der Waals surface area contributed by atoms with Crippen molar-refractivity contribution in [2.24, 2.45) is 5.73 Å². The number of nitrogens with one attached hydrogen (secondary N) is 2. The normalized spacial score (nSPS) is 14.7. The number of primary amides is 1. The van der Waals surface area contributed by atoms with Gasteiger partial charge in [-0.3, -0.25) is 9.59 Å². The average Bonchev–Trinajstić information content (AvgIpc) is 3.02. The molecule has 0 aliphatic carbocycles. The van der Waals surface area contributed by atoms with Crippen LogP contribution in [0.2, 0.25) is 0 Å². The molecule has 4 N–H and O–H groups in total. The first-order valence-corrected chi connectivity index (χ1v) is 12.2. The van der Waals surface area contributed by atoms with Crippen molar-refractivity contribution in [3.63, 3.8) is 0 Å². The summed E-state index contributed by atoms with van der Waals surface area (Å²) in [7, 11) is 0. The van der Waals surface area contributed by atoms with E-state index in [0.717, 1.165) is 59.9 Å². The van der Waals surface area contributed by atoms with E-state index in [1.54, 1.807) is 20.8 Å². The van der Waals surface area contributed by atoms with E-state index in [4.69, 9.17) is 5.73 Å². The van der Waals surface area contributed by atoms with Gasteiger partial charge in [-0.05, 0) is 88.8 Å². The number of halogens is 1. The minimum atomic E-state index is -0.725. The fraction of sp³-hybridized carbons (Fsp3) is 0.423.